The number of hydrogen-bond donors (Lipinski definition) is 3. The summed E-state index contributed by atoms with van der Waals surface area (Å²) in [5.74, 6) is 6.37. The van der Waals surface area contributed by atoms with E-state index in [0.29, 0.717) is 5.82 Å². The molecule has 1 unspecified atom stereocenters. The van der Waals surface area contributed by atoms with E-state index in [9.17, 15) is 0 Å². The Bertz CT molecular complexity index is 978. The number of hydrogen-bond acceptors (Lipinski definition) is 5. The van der Waals surface area contributed by atoms with Crippen LogP contribution in [0.4, 0.5) is 11.8 Å². The molecule has 0 spiro atoms. The number of hydrazine groups is 1. The molecule has 0 bridgehead atoms. The fourth-order valence-electron chi connectivity index (χ4n) is 3.48. The normalized spacial score (nSPS) is 19.2. The Balaban J connectivity index is 1.96. The molecule has 0 saturated carbocycles. The van der Waals surface area contributed by atoms with Crippen LogP contribution >= 0.6 is 0 Å². The number of aromatic nitrogens is 2. The van der Waals surface area contributed by atoms with Gasteiger partial charge in [-0.25, -0.2) is 10.8 Å². The van der Waals surface area contributed by atoms with Gasteiger partial charge in [-0.2, -0.15) is 4.98 Å². The third-order valence-electron chi connectivity index (χ3n) is 4.72. The minimum absolute atomic E-state index is 0.200. The van der Waals surface area contributed by atoms with Crippen molar-refractivity contribution in [3.8, 4) is 0 Å². The maximum Gasteiger partial charge on any atom is 0.222 e. The molecule has 1 atom stereocenters. The lowest BCUT2D eigenvalue weighted by Crippen LogP contribution is -2.26. The second-order valence-corrected chi connectivity index (χ2v) is 6.14. The Morgan fingerprint density at radius 2 is 1.80 bits per heavy atom. The summed E-state index contributed by atoms with van der Waals surface area (Å²) < 4.78 is 0. The number of anilines is 2. The molecule has 0 fully saturated rings. The highest BCUT2D eigenvalue weighted by atomic mass is 15.3. The number of fused-ring (bicyclic) bond motifs is 1. The first kappa shape index (κ1) is 15.4. The molecular weight excluding hydrogens is 310 g/mol. The monoisotopic (exact) mass is 329 g/mol. The summed E-state index contributed by atoms with van der Waals surface area (Å²) in [5.41, 5.74) is 11.3. The zero-order valence-corrected chi connectivity index (χ0v) is 13.7. The molecule has 0 amide bonds. The standard InChI is InChI=1S/C20H19N5/c21-19-23-17-10-9-15(13-16(17)18(24-19)25-22)20(11-5-2-6-12-20)14-7-3-1-4-8-14/h1-11,13H,12,22H2,(H3,21,23,24,25). The van der Waals surface area contributed by atoms with E-state index in [1.807, 2.05) is 12.1 Å². The second kappa shape index (κ2) is 6.03. The van der Waals surface area contributed by atoms with E-state index in [1.165, 1.54) is 5.56 Å². The number of allylic oxidation sites excluding steroid dienone is 4. The van der Waals surface area contributed by atoms with Crippen LogP contribution in [0.2, 0.25) is 0 Å². The average Bonchev–Trinajstić information content (AvgIpc) is 2.68. The Hall–Kier alpha value is -3.18. The van der Waals surface area contributed by atoms with Crippen molar-refractivity contribution in [3.05, 3.63) is 84.0 Å². The summed E-state index contributed by atoms with van der Waals surface area (Å²) >= 11 is 0. The number of nitrogens with two attached hydrogens (primary N) is 2. The van der Waals surface area contributed by atoms with Gasteiger partial charge >= 0.3 is 0 Å². The molecule has 0 radical (unpaired) electrons. The fourth-order valence-corrected chi connectivity index (χ4v) is 3.48. The number of nitrogen functional groups attached to an aromatic ring is 2. The first-order valence-corrected chi connectivity index (χ1v) is 8.17. The number of nitrogens with zero attached hydrogens (tertiary/aromatic N) is 2. The molecule has 3 aromatic rings. The number of benzene rings is 2. The largest absolute Gasteiger partial charge is 0.368 e. The summed E-state index contributed by atoms with van der Waals surface area (Å²) in [7, 11) is 0. The van der Waals surface area contributed by atoms with Gasteiger partial charge in [0.25, 0.3) is 0 Å². The van der Waals surface area contributed by atoms with Gasteiger partial charge in [0.2, 0.25) is 5.95 Å². The lowest BCUT2D eigenvalue weighted by Gasteiger charge is -2.33. The first-order valence-electron chi connectivity index (χ1n) is 8.17. The lowest BCUT2D eigenvalue weighted by atomic mass is 9.70. The molecule has 5 nitrogen and oxygen atoms in total. The van der Waals surface area contributed by atoms with Gasteiger partial charge in [0.15, 0.2) is 5.82 Å². The van der Waals surface area contributed by atoms with E-state index < -0.39 is 0 Å². The van der Waals surface area contributed by atoms with Crippen LogP contribution in [0.1, 0.15) is 17.5 Å². The number of rotatable bonds is 3. The van der Waals surface area contributed by atoms with Crippen LogP contribution in [0.3, 0.4) is 0 Å². The van der Waals surface area contributed by atoms with E-state index in [0.717, 1.165) is 22.9 Å². The average molecular weight is 329 g/mol. The summed E-state index contributed by atoms with van der Waals surface area (Å²) in [6.07, 6.45) is 9.51. The van der Waals surface area contributed by atoms with Crippen LogP contribution in [-0.2, 0) is 5.41 Å². The summed E-state index contributed by atoms with van der Waals surface area (Å²) in [6, 6.07) is 16.7. The van der Waals surface area contributed by atoms with Gasteiger partial charge in [-0.3, -0.25) is 0 Å². The molecule has 1 heterocycles. The van der Waals surface area contributed by atoms with E-state index in [1.54, 1.807) is 0 Å². The third-order valence-corrected chi connectivity index (χ3v) is 4.72. The van der Waals surface area contributed by atoms with Gasteiger partial charge in [0.05, 0.1) is 5.52 Å². The third kappa shape index (κ3) is 2.55. The Labute approximate surface area is 146 Å². The van der Waals surface area contributed by atoms with Crippen molar-refractivity contribution in [2.45, 2.75) is 11.8 Å². The second-order valence-electron chi connectivity index (χ2n) is 6.14. The summed E-state index contributed by atoms with van der Waals surface area (Å²) in [5, 5.41) is 0.854. The van der Waals surface area contributed by atoms with Crippen molar-refractivity contribution in [2.75, 3.05) is 11.2 Å². The summed E-state index contributed by atoms with van der Waals surface area (Å²) in [4.78, 5) is 8.51. The van der Waals surface area contributed by atoms with Gasteiger partial charge in [0, 0.05) is 10.8 Å². The van der Waals surface area contributed by atoms with Gasteiger partial charge in [-0.15, -0.1) is 0 Å². The van der Waals surface area contributed by atoms with Crippen LogP contribution in [-0.4, -0.2) is 9.97 Å². The summed E-state index contributed by atoms with van der Waals surface area (Å²) in [6.45, 7) is 0. The predicted octanol–water partition coefficient (Wildman–Crippen LogP) is 3.30. The quantitative estimate of drug-likeness (QED) is 0.507. The van der Waals surface area contributed by atoms with Crippen molar-refractivity contribution in [2.24, 2.45) is 5.84 Å². The highest BCUT2D eigenvalue weighted by Gasteiger charge is 2.31. The maximum atomic E-state index is 5.76. The van der Waals surface area contributed by atoms with Crippen LogP contribution in [0.15, 0.2) is 72.8 Å². The van der Waals surface area contributed by atoms with E-state index >= 15 is 0 Å². The van der Waals surface area contributed by atoms with Crippen molar-refractivity contribution in [1.29, 1.82) is 0 Å². The molecule has 1 aliphatic carbocycles. The van der Waals surface area contributed by atoms with Crippen molar-refractivity contribution >= 4 is 22.7 Å². The fraction of sp³-hybridized carbons (Fsp3) is 0.100. The molecular formula is C20H19N5. The topological polar surface area (TPSA) is 89.8 Å². The first-order chi connectivity index (χ1) is 12.2. The van der Waals surface area contributed by atoms with Crippen molar-refractivity contribution < 1.29 is 0 Å². The van der Waals surface area contributed by atoms with Gasteiger partial charge in [0.1, 0.15) is 0 Å². The van der Waals surface area contributed by atoms with E-state index in [-0.39, 0.29) is 11.4 Å². The minimum Gasteiger partial charge on any atom is -0.368 e. The Morgan fingerprint density at radius 3 is 2.52 bits per heavy atom. The van der Waals surface area contributed by atoms with Crippen molar-refractivity contribution in [3.63, 3.8) is 0 Å². The zero-order valence-electron chi connectivity index (χ0n) is 13.7. The molecule has 1 aromatic heterocycles. The van der Waals surface area contributed by atoms with E-state index in [2.05, 4.69) is 76.1 Å². The zero-order chi connectivity index (χ0) is 17.3. The molecule has 0 saturated heterocycles. The van der Waals surface area contributed by atoms with Gasteiger partial charge < -0.3 is 11.2 Å². The molecule has 5 heteroatoms. The predicted molar refractivity (Wildman–Crippen MR) is 102 cm³/mol. The molecule has 4 rings (SSSR count). The smallest absolute Gasteiger partial charge is 0.222 e. The number of nitrogens with one attached hydrogen (secondary N) is 1. The Kier molecular flexibility index (Phi) is 3.71. The van der Waals surface area contributed by atoms with Crippen LogP contribution < -0.4 is 17.0 Å². The van der Waals surface area contributed by atoms with Gasteiger partial charge in [-0.1, -0.05) is 60.7 Å². The maximum absolute atomic E-state index is 5.76. The molecule has 2 aromatic carbocycles. The molecule has 124 valence electrons. The molecule has 25 heavy (non-hydrogen) atoms. The van der Waals surface area contributed by atoms with Crippen LogP contribution in [0.5, 0.6) is 0 Å². The Morgan fingerprint density at radius 1 is 0.960 bits per heavy atom. The SMILES string of the molecule is NNc1nc(N)nc2ccc(C3(c4ccccc4)C=CC=CC3)cc12. The highest BCUT2D eigenvalue weighted by Crippen LogP contribution is 2.40. The molecule has 5 N–H and O–H groups in total. The van der Waals surface area contributed by atoms with Gasteiger partial charge in [-0.05, 0) is 29.7 Å². The molecule has 1 aliphatic rings. The highest BCUT2D eigenvalue weighted by molar-refractivity contribution is 5.90. The van der Waals surface area contributed by atoms with Crippen LogP contribution in [0, 0.1) is 0 Å². The van der Waals surface area contributed by atoms with Crippen molar-refractivity contribution in [1.82, 2.24) is 9.97 Å². The molecule has 0 aliphatic heterocycles. The minimum atomic E-state index is -0.225. The van der Waals surface area contributed by atoms with Crippen LogP contribution in [0.25, 0.3) is 10.9 Å². The van der Waals surface area contributed by atoms with E-state index in [4.69, 9.17) is 11.6 Å². The lowest BCUT2D eigenvalue weighted by molar-refractivity contribution is 0.648.